The summed E-state index contributed by atoms with van der Waals surface area (Å²) in [4.78, 5) is 14.8. The number of benzene rings is 1. The molecule has 24 heavy (non-hydrogen) atoms. The summed E-state index contributed by atoms with van der Waals surface area (Å²) in [6.07, 6.45) is 3.46. The topological polar surface area (TPSA) is 53.9 Å². The lowest BCUT2D eigenvalue weighted by atomic mass is 10.1. The van der Waals surface area contributed by atoms with Gasteiger partial charge in [0.05, 0.1) is 0 Å². The van der Waals surface area contributed by atoms with Gasteiger partial charge in [-0.1, -0.05) is 30.7 Å². The second-order valence-electron chi connectivity index (χ2n) is 6.59. The minimum atomic E-state index is 0.121. The lowest BCUT2D eigenvalue weighted by Gasteiger charge is -2.22. The Balaban J connectivity index is 1.82. The van der Waals surface area contributed by atoms with E-state index in [-0.39, 0.29) is 12.5 Å². The molecule has 1 aromatic carbocycles. The van der Waals surface area contributed by atoms with Crippen LogP contribution in [0, 0.1) is 17.6 Å². The Kier molecular flexibility index (Phi) is 5.14. The van der Waals surface area contributed by atoms with E-state index in [1.807, 2.05) is 34.6 Å². The second kappa shape index (κ2) is 7.30. The van der Waals surface area contributed by atoms with Crippen molar-refractivity contribution in [2.45, 2.75) is 39.7 Å². The van der Waals surface area contributed by atoms with Crippen LogP contribution in [0.4, 0.5) is 0 Å². The van der Waals surface area contributed by atoms with Crippen LogP contribution in [0.25, 0.3) is 11.4 Å². The molecule has 0 radical (unpaired) electrons. The molecule has 5 nitrogen and oxygen atoms in total. The van der Waals surface area contributed by atoms with Gasteiger partial charge in [0.15, 0.2) is 10.6 Å². The van der Waals surface area contributed by atoms with Gasteiger partial charge in [-0.15, -0.1) is 0 Å². The normalized spacial score (nSPS) is 13.9. The Morgan fingerprint density at radius 3 is 2.92 bits per heavy atom. The molecule has 128 valence electrons. The largest absolute Gasteiger partial charge is 0.341 e. The average Bonchev–Trinajstić information content (AvgIpc) is 3.30. The summed E-state index contributed by atoms with van der Waals surface area (Å²) in [5.41, 5.74) is 2.13. The van der Waals surface area contributed by atoms with Crippen molar-refractivity contribution >= 4 is 18.1 Å². The van der Waals surface area contributed by atoms with Crippen LogP contribution in [-0.4, -0.2) is 38.7 Å². The molecule has 0 unspecified atom stereocenters. The quantitative estimate of drug-likeness (QED) is 0.781. The highest BCUT2D eigenvalue weighted by Crippen LogP contribution is 2.30. The van der Waals surface area contributed by atoms with E-state index in [2.05, 4.69) is 23.2 Å². The van der Waals surface area contributed by atoms with Gasteiger partial charge in [0.25, 0.3) is 0 Å². The third-order valence-corrected chi connectivity index (χ3v) is 4.66. The summed E-state index contributed by atoms with van der Waals surface area (Å²) in [5, 5.41) is 7.16. The van der Waals surface area contributed by atoms with Crippen molar-refractivity contribution in [1.29, 1.82) is 0 Å². The molecule has 6 heteroatoms. The fourth-order valence-corrected chi connectivity index (χ4v) is 3.10. The summed E-state index contributed by atoms with van der Waals surface area (Å²) in [6, 6.07) is 8.08. The van der Waals surface area contributed by atoms with Crippen molar-refractivity contribution in [2.75, 3.05) is 13.1 Å². The fraction of sp³-hybridized carbons (Fsp3) is 0.500. The van der Waals surface area contributed by atoms with Crippen LogP contribution in [-0.2, 0) is 11.3 Å². The van der Waals surface area contributed by atoms with Gasteiger partial charge in [-0.25, -0.2) is 0 Å². The zero-order chi connectivity index (χ0) is 17.1. The molecule has 0 aliphatic heterocycles. The number of hydrogen-bond acceptors (Lipinski definition) is 3. The number of nitrogens with one attached hydrogen (secondary N) is 1. The molecule has 0 atom stereocenters. The molecule has 1 amide bonds. The lowest BCUT2D eigenvalue weighted by molar-refractivity contribution is -0.132. The summed E-state index contributed by atoms with van der Waals surface area (Å²) in [5.74, 6) is 1.53. The van der Waals surface area contributed by atoms with E-state index in [4.69, 9.17) is 12.2 Å². The number of carbonyl (C=O) groups is 1. The molecule has 0 spiro atoms. The molecule has 2 aromatic rings. The number of amides is 1. The number of carbonyl (C=O) groups excluding carboxylic acids is 1. The monoisotopic (exact) mass is 344 g/mol. The van der Waals surface area contributed by atoms with Gasteiger partial charge in [-0.05, 0) is 50.4 Å². The van der Waals surface area contributed by atoms with E-state index < -0.39 is 0 Å². The van der Waals surface area contributed by atoms with Crippen LogP contribution >= 0.6 is 12.2 Å². The zero-order valence-corrected chi connectivity index (χ0v) is 15.1. The Morgan fingerprint density at radius 1 is 1.46 bits per heavy atom. The minimum absolute atomic E-state index is 0.121. The van der Waals surface area contributed by atoms with Crippen molar-refractivity contribution < 1.29 is 4.79 Å². The molecule has 1 fully saturated rings. The van der Waals surface area contributed by atoms with E-state index in [9.17, 15) is 4.79 Å². The molecule has 0 saturated heterocycles. The van der Waals surface area contributed by atoms with Crippen LogP contribution in [0.3, 0.4) is 0 Å². The maximum atomic E-state index is 12.8. The predicted octanol–water partition coefficient (Wildman–Crippen LogP) is 3.56. The van der Waals surface area contributed by atoms with Crippen molar-refractivity contribution in [3.8, 4) is 11.4 Å². The van der Waals surface area contributed by atoms with Gasteiger partial charge in [-0.2, -0.15) is 5.10 Å². The van der Waals surface area contributed by atoms with Crippen molar-refractivity contribution in [2.24, 2.45) is 5.92 Å². The van der Waals surface area contributed by atoms with Crippen LogP contribution in [0.15, 0.2) is 24.3 Å². The molecule has 1 heterocycles. The molecule has 1 aliphatic rings. The van der Waals surface area contributed by atoms with Gasteiger partial charge < -0.3 is 4.90 Å². The minimum Gasteiger partial charge on any atom is -0.341 e. The van der Waals surface area contributed by atoms with E-state index in [0.29, 0.717) is 10.7 Å². The van der Waals surface area contributed by atoms with Crippen molar-refractivity contribution in [3.63, 3.8) is 0 Å². The van der Waals surface area contributed by atoms with E-state index >= 15 is 0 Å². The molecule has 1 saturated carbocycles. The highest BCUT2D eigenvalue weighted by Gasteiger charge is 2.27. The van der Waals surface area contributed by atoms with E-state index in [1.165, 1.54) is 12.8 Å². The first kappa shape index (κ1) is 16.9. The Bertz CT molecular complexity index is 775. The van der Waals surface area contributed by atoms with Crippen LogP contribution in [0.1, 0.15) is 31.7 Å². The number of aryl methyl sites for hydroxylation is 1. The third kappa shape index (κ3) is 3.93. The third-order valence-electron chi connectivity index (χ3n) is 4.35. The highest BCUT2D eigenvalue weighted by atomic mass is 32.1. The number of rotatable bonds is 7. The number of aromatic nitrogens is 3. The SMILES string of the molecule is CCCN(CC1CC1)C(=O)Cn1c(-c2cccc(C)c2)n[nH]c1=S. The number of aromatic amines is 1. The highest BCUT2D eigenvalue weighted by molar-refractivity contribution is 7.71. The van der Waals surface area contributed by atoms with Gasteiger partial charge in [-0.3, -0.25) is 14.5 Å². The van der Waals surface area contributed by atoms with Gasteiger partial charge in [0.2, 0.25) is 5.91 Å². The maximum absolute atomic E-state index is 12.8. The molecule has 1 N–H and O–H groups in total. The summed E-state index contributed by atoms with van der Waals surface area (Å²) in [7, 11) is 0. The first-order valence-electron chi connectivity index (χ1n) is 8.58. The molecule has 3 rings (SSSR count). The molecule has 1 aliphatic carbocycles. The molecule has 0 bridgehead atoms. The number of H-pyrrole nitrogens is 1. The lowest BCUT2D eigenvalue weighted by Crippen LogP contribution is -2.36. The standard InChI is InChI=1S/C18H24N4OS/c1-3-9-21(11-14-7-8-14)16(23)12-22-17(19-20-18(22)24)15-6-4-5-13(2)10-15/h4-6,10,14H,3,7-9,11-12H2,1-2H3,(H,20,24). The van der Waals surface area contributed by atoms with E-state index in [0.717, 1.165) is 36.5 Å². The van der Waals surface area contributed by atoms with Gasteiger partial charge >= 0.3 is 0 Å². The van der Waals surface area contributed by atoms with Crippen LogP contribution in [0.2, 0.25) is 0 Å². The second-order valence-corrected chi connectivity index (χ2v) is 6.98. The Morgan fingerprint density at radius 2 is 2.25 bits per heavy atom. The summed E-state index contributed by atoms with van der Waals surface area (Å²) < 4.78 is 2.30. The van der Waals surface area contributed by atoms with Gasteiger partial charge in [0, 0.05) is 18.7 Å². The average molecular weight is 344 g/mol. The fourth-order valence-electron chi connectivity index (χ4n) is 2.90. The predicted molar refractivity (Wildman–Crippen MR) is 97.2 cm³/mol. The first-order chi connectivity index (χ1) is 11.6. The zero-order valence-electron chi connectivity index (χ0n) is 14.3. The summed E-state index contributed by atoms with van der Waals surface area (Å²) >= 11 is 5.35. The van der Waals surface area contributed by atoms with E-state index in [1.54, 1.807) is 0 Å². The molecular weight excluding hydrogens is 320 g/mol. The Hall–Kier alpha value is -1.95. The first-order valence-corrected chi connectivity index (χ1v) is 8.99. The number of nitrogens with zero attached hydrogens (tertiary/aromatic N) is 3. The summed E-state index contributed by atoms with van der Waals surface area (Å²) in [6.45, 7) is 6.07. The number of hydrogen-bond donors (Lipinski definition) is 1. The van der Waals surface area contributed by atoms with Crippen LogP contribution in [0.5, 0.6) is 0 Å². The smallest absolute Gasteiger partial charge is 0.242 e. The maximum Gasteiger partial charge on any atom is 0.242 e. The molecule has 1 aromatic heterocycles. The van der Waals surface area contributed by atoms with Crippen molar-refractivity contribution in [1.82, 2.24) is 19.7 Å². The van der Waals surface area contributed by atoms with Gasteiger partial charge in [0.1, 0.15) is 6.54 Å². The van der Waals surface area contributed by atoms with Crippen molar-refractivity contribution in [3.05, 3.63) is 34.6 Å². The van der Waals surface area contributed by atoms with Crippen LogP contribution < -0.4 is 0 Å². The Labute approximate surface area is 147 Å². The molecular formula is C18H24N4OS.